The summed E-state index contributed by atoms with van der Waals surface area (Å²) >= 11 is 3.29. The lowest BCUT2D eigenvalue weighted by atomic mass is 10.4. The molecule has 0 radical (unpaired) electrons. The molecule has 3 heterocycles. The molecule has 0 N–H and O–H groups in total. The van der Waals surface area contributed by atoms with Crippen LogP contribution in [0.2, 0.25) is 0 Å². The Morgan fingerprint density at radius 2 is 2.06 bits per heavy atom. The van der Waals surface area contributed by atoms with E-state index < -0.39 is 4.92 Å². The highest BCUT2D eigenvalue weighted by molar-refractivity contribution is 9.10. The Bertz CT molecular complexity index is 752. The normalized spacial score (nSPS) is 11.1. The van der Waals surface area contributed by atoms with Crippen molar-refractivity contribution in [2.45, 2.75) is 0 Å². The van der Waals surface area contributed by atoms with Gasteiger partial charge < -0.3 is 10.1 Å². The molecule has 84 valence electrons. The lowest BCUT2D eigenvalue weighted by Gasteiger charge is -1.99. The molecule has 17 heavy (non-hydrogen) atoms. The minimum Gasteiger partial charge on any atom is -0.358 e. The van der Waals surface area contributed by atoms with Crippen molar-refractivity contribution >= 4 is 38.4 Å². The fraction of sp³-hybridized carbons (Fsp3) is 0. The second-order valence-corrected chi connectivity index (χ2v) is 4.38. The number of hydrogen-bond acceptors (Lipinski definition) is 4. The Kier molecular flexibility index (Phi) is 2.08. The van der Waals surface area contributed by atoms with Gasteiger partial charge in [0.25, 0.3) is 0 Å². The van der Waals surface area contributed by atoms with Crippen LogP contribution in [0.25, 0.3) is 16.7 Å². The standard InChI is InChI=1S/C10H5BrN4O2/c11-6-3-8-10(12-4-6)13-5-7-1-2-9(14(7)8)15(16)17/h1-5H. The van der Waals surface area contributed by atoms with E-state index in [9.17, 15) is 10.1 Å². The Balaban J connectivity index is 2.55. The molecule has 7 heteroatoms. The molecule has 0 aromatic carbocycles. The van der Waals surface area contributed by atoms with E-state index in [0.29, 0.717) is 16.7 Å². The number of pyridine rings is 1. The van der Waals surface area contributed by atoms with Crippen LogP contribution < -0.4 is 0 Å². The number of fused-ring (bicyclic) bond motifs is 3. The van der Waals surface area contributed by atoms with E-state index in [1.807, 2.05) is 0 Å². The van der Waals surface area contributed by atoms with E-state index in [0.717, 1.165) is 4.47 Å². The number of hydrogen-bond donors (Lipinski definition) is 0. The molecule has 0 amide bonds. The highest BCUT2D eigenvalue weighted by Crippen LogP contribution is 2.23. The molecule has 0 unspecified atom stereocenters. The van der Waals surface area contributed by atoms with E-state index in [-0.39, 0.29) is 5.82 Å². The van der Waals surface area contributed by atoms with Crippen molar-refractivity contribution in [3.05, 3.63) is 45.2 Å². The van der Waals surface area contributed by atoms with Gasteiger partial charge in [-0.15, -0.1) is 0 Å². The van der Waals surface area contributed by atoms with Crippen LogP contribution in [0, 0.1) is 10.1 Å². The van der Waals surface area contributed by atoms with Crippen LogP contribution >= 0.6 is 15.9 Å². The monoisotopic (exact) mass is 292 g/mol. The molecule has 0 saturated heterocycles. The van der Waals surface area contributed by atoms with Gasteiger partial charge in [0, 0.05) is 22.8 Å². The molecule has 0 aliphatic rings. The van der Waals surface area contributed by atoms with Crippen LogP contribution in [-0.4, -0.2) is 19.3 Å². The molecule has 3 aromatic heterocycles. The SMILES string of the molecule is O=[N+]([O-])c1ccc2cnc3ncc(Br)cc3n12. The average Bonchev–Trinajstić information content (AvgIpc) is 2.73. The fourth-order valence-corrected chi connectivity index (χ4v) is 2.08. The summed E-state index contributed by atoms with van der Waals surface area (Å²) in [5, 5.41) is 10.9. The smallest absolute Gasteiger partial charge is 0.328 e. The second kappa shape index (κ2) is 3.49. The molecule has 0 atom stereocenters. The molecule has 0 fully saturated rings. The molecule has 0 aliphatic heterocycles. The van der Waals surface area contributed by atoms with Crippen molar-refractivity contribution < 1.29 is 4.92 Å². The topological polar surface area (TPSA) is 73.3 Å². The van der Waals surface area contributed by atoms with Crippen molar-refractivity contribution in [3.8, 4) is 0 Å². The maximum absolute atomic E-state index is 10.9. The predicted octanol–water partition coefficient (Wildman–Crippen LogP) is 2.55. The summed E-state index contributed by atoms with van der Waals surface area (Å²) < 4.78 is 2.28. The highest BCUT2D eigenvalue weighted by Gasteiger charge is 2.16. The van der Waals surface area contributed by atoms with Gasteiger partial charge in [-0.2, -0.15) is 4.40 Å². The number of nitro groups is 1. The third kappa shape index (κ3) is 1.47. The Hall–Kier alpha value is -2.02. The van der Waals surface area contributed by atoms with Gasteiger partial charge in [0.1, 0.15) is 0 Å². The van der Waals surface area contributed by atoms with Crippen molar-refractivity contribution in [3.63, 3.8) is 0 Å². The molecular weight excluding hydrogens is 288 g/mol. The Morgan fingerprint density at radius 3 is 2.82 bits per heavy atom. The predicted molar refractivity (Wildman–Crippen MR) is 64.8 cm³/mol. The molecule has 3 rings (SSSR count). The number of halogens is 1. The summed E-state index contributed by atoms with van der Waals surface area (Å²) in [4.78, 5) is 18.8. The van der Waals surface area contributed by atoms with E-state index in [2.05, 4.69) is 25.9 Å². The largest absolute Gasteiger partial charge is 0.358 e. The minimum absolute atomic E-state index is 0.00676. The third-order valence-electron chi connectivity index (χ3n) is 2.45. The first kappa shape index (κ1) is 10.2. The molecule has 6 nitrogen and oxygen atoms in total. The van der Waals surface area contributed by atoms with Gasteiger partial charge in [-0.3, -0.25) is 0 Å². The quantitative estimate of drug-likeness (QED) is 0.510. The lowest BCUT2D eigenvalue weighted by Crippen LogP contribution is -1.97. The number of rotatable bonds is 1. The van der Waals surface area contributed by atoms with Gasteiger partial charge in [-0.1, -0.05) is 0 Å². The van der Waals surface area contributed by atoms with E-state index in [1.165, 1.54) is 10.5 Å². The summed E-state index contributed by atoms with van der Waals surface area (Å²) in [6.45, 7) is 0. The van der Waals surface area contributed by atoms with Crippen molar-refractivity contribution in [1.82, 2.24) is 14.4 Å². The first-order chi connectivity index (χ1) is 8.16. The van der Waals surface area contributed by atoms with Crippen molar-refractivity contribution in [2.75, 3.05) is 0 Å². The fourth-order valence-electron chi connectivity index (χ4n) is 1.76. The summed E-state index contributed by atoms with van der Waals surface area (Å²) in [6, 6.07) is 4.87. The summed E-state index contributed by atoms with van der Waals surface area (Å²) in [5.74, 6) is 0.00676. The maximum atomic E-state index is 10.9. The molecule has 0 saturated carbocycles. The van der Waals surface area contributed by atoms with Crippen LogP contribution in [-0.2, 0) is 0 Å². The van der Waals surface area contributed by atoms with Crippen LogP contribution in [0.5, 0.6) is 0 Å². The van der Waals surface area contributed by atoms with Gasteiger partial charge in [-0.05, 0) is 26.9 Å². The maximum Gasteiger partial charge on any atom is 0.328 e. The highest BCUT2D eigenvalue weighted by atomic mass is 79.9. The van der Waals surface area contributed by atoms with E-state index >= 15 is 0 Å². The first-order valence-corrected chi connectivity index (χ1v) is 5.52. The van der Waals surface area contributed by atoms with Gasteiger partial charge >= 0.3 is 5.82 Å². The second-order valence-electron chi connectivity index (χ2n) is 3.46. The van der Waals surface area contributed by atoms with Gasteiger partial charge in [-0.25, -0.2) is 9.97 Å². The van der Waals surface area contributed by atoms with Crippen LogP contribution in [0.3, 0.4) is 0 Å². The Morgan fingerprint density at radius 1 is 1.29 bits per heavy atom. The van der Waals surface area contributed by atoms with Crippen LogP contribution in [0.4, 0.5) is 5.82 Å². The summed E-state index contributed by atoms with van der Waals surface area (Å²) in [5.41, 5.74) is 1.75. The number of aromatic nitrogens is 3. The Labute approximate surface area is 103 Å². The molecule has 0 bridgehead atoms. The zero-order valence-electron chi connectivity index (χ0n) is 8.37. The molecule has 0 aliphatic carbocycles. The van der Waals surface area contributed by atoms with Crippen LogP contribution in [0.15, 0.2) is 35.1 Å². The molecule has 3 aromatic rings. The van der Waals surface area contributed by atoms with E-state index in [1.54, 1.807) is 24.5 Å². The lowest BCUT2D eigenvalue weighted by molar-refractivity contribution is -0.390. The van der Waals surface area contributed by atoms with Gasteiger partial charge in [0.05, 0.1) is 6.20 Å². The first-order valence-electron chi connectivity index (χ1n) is 4.73. The zero-order chi connectivity index (χ0) is 12.0. The molecular formula is C10H5BrN4O2. The van der Waals surface area contributed by atoms with E-state index in [4.69, 9.17) is 0 Å². The van der Waals surface area contributed by atoms with Gasteiger partial charge in [0.15, 0.2) is 11.0 Å². The van der Waals surface area contributed by atoms with Crippen molar-refractivity contribution in [1.29, 1.82) is 0 Å². The third-order valence-corrected chi connectivity index (χ3v) is 2.89. The average molecular weight is 293 g/mol. The molecule has 0 spiro atoms. The zero-order valence-corrected chi connectivity index (χ0v) is 9.96. The summed E-state index contributed by atoms with van der Waals surface area (Å²) in [6.07, 6.45) is 3.17. The van der Waals surface area contributed by atoms with Gasteiger partial charge in [0.2, 0.25) is 5.65 Å². The number of nitrogens with zero attached hydrogens (tertiary/aromatic N) is 4. The van der Waals surface area contributed by atoms with Crippen molar-refractivity contribution in [2.24, 2.45) is 0 Å². The summed E-state index contributed by atoms with van der Waals surface area (Å²) in [7, 11) is 0. The minimum atomic E-state index is -0.423. The van der Waals surface area contributed by atoms with Crippen LogP contribution in [0.1, 0.15) is 0 Å².